The summed E-state index contributed by atoms with van der Waals surface area (Å²) in [6.07, 6.45) is 1.54. The van der Waals surface area contributed by atoms with E-state index in [1.807, 2.05) is 6.92 Å². The Morgan fingerprint density at radius 3 is 2.42 bits per heavy atom. The van der Waals surface area contributed by atoms with Gasteiger partial charge in [0.2, 0.25) is 5.91 Å². The fourth-order valence-electron chi connectivity index (χ4n) is 4.15. The molecule has 0 unspecified atom stereocenters. The maximum Gasteiger partial charge on any atom is 0.405 e. The number of carboxylic acid groups (broad SMARTS) is 1. The molecule has 0 aliphatic carbocycles. The van der Waals surface area contributed by atoms with Gasteiger partial charge in [0.1, 0.15) is 11.8 Å². The third-order valence-electron chi connectivity index (χ3n) is 6.16. The molecule has 1 atom stereocenters. The highest BCUT2D eigenvalue weighted by Crippen LogP contribution is 2.24. The lowest BCUT2D eigenvalue weighted by atomic mass is 10.0. The average Bonchev–Trinajstić information content (AvgIpc) is 3.09. The van der Waals surface area contributed by atoms with Crippen LogP contribution in [0.1, 0.15) is 42.9 Å². The Morgan fingerprint density at radius 1 is 1.05 bits per heavy atom. The van der Waals surface area contributed by atoms with E-state index in [2.05, 4.69) is 10.6 Å². The van der Waals surface area contributed by atoms with E-state index in [9.17, 15) is 27.9 Å². The van der Waals surface area contributed by atoms with Crippen molar-refractivity contribution in [3.05, 3.63) is 65.2 Å². The molecule has 1 aliphatic rings. The molecular formula is C26H34N4O7S. The van der Waals surface area contributed by atoms with Crippen LogP contribution < -0.4 is 15.4 Å². The smallest absolute Gasteiger partial charge is 0.405 e. The van der Waals surface area contributed by atoms with Crippen LogP contribution in [0.15, 0.2) is 48.5 Å². The van der Waals surface area contributed by atoms with Crippen molar-refractivity contribution in [2.24, 2.45) is 0 Å². The van der Waals surface area contributed by atoms with Crippen LogP contribution in [0, 0.1) is 0 Å². The van der Waals surface area contributed by atoms with Gasteiger partial charge in [0.25, 0.3) is 5.91 Å². The van der Waals surface area contributed by atoms with Crippen LogP contribution in [0.3, 0.4) is 0 Å². The zero-order valence-corrected chi connectivity index (χ0v) is 22.4. The molecule has 3 N–H and O–H groups in total. The largest absolute Gasteiger partial charge is 0.497 e. The topological polar surface area (TPSA) is 145 Å². The molecule has 1 aliphatic heterocycles. The van der Waals surface area contributed by atoms with Crippen molar-refractivity contribution in [2.45, 2.75) is 51.7 Å². The fraction of sp³-hybridized carbons (Fsp3) is 0.423. The third-order valence-corrected chi connectivity index (χ3v) is 7.96. The standard InChI is InChI=1S/C26H34N4O7S/c1-3-4-5-13-27-25(32)23(28-26(33)34)15-20-7-6-8-21(14-20)16-29-18-24(31)30(38(29,35)36)17-19-9-11-22(37-2)12-10-19/h6-12,14,23,28H,3-5,13,15-18H2,1-2H3,(H,27,32)(H,33,34)/t23-/m0/s1. The van der Waals surface area contributed by atoms with Crippen LogP contribution in [-0.4, -0.2) is 66.3 Å². The molecule has 3 amide bonds. The molecule has 1 fully saturated rings. The SMILES string of the molecule is CCCCCNC(=O)[C@H](Cc1cccc(CN2CC(=O)N(Cc3ccc(OC)cc3)S2(=O)=O)c1)NC(=O)O. The van der Waals surface area contributed by atoms with E-state index >= 15 is 0 Å². The maximum atomic E-state index is 13.1. The average molecular weight is 547 g/mol. The van der Waals surface area contributed by atoms with Gasteiger partial charge >= 0.3 is 16.3 Å². The number of amides is 3. The molecule has 11 nitrogen and oxygen atoms in total. The summed E-state index contributed by atoms with van der Waals surface area (Å²) in [6.45, 7) is 2.09. The molecule has 12 heteroatoms. The van der Waals surface area contributed by atoms with Gasteiger partial charge in [-0.05, 0) is 35.2 Å². The minimum absolute atomic E-state index is 0.0404. The van der Waals surface area contributed by atoms with Gasteiger partial charge in [0.05, 0.1) is 20.2 Å². The summed E-state index contributed by atoms with van der Waals surface area (Å²) in [5.74, 6) is -0.320. The van der Waals surface area contributed by atoms with Crippen molar-refractivity contribution in [2.75, 3.05) is 20.2 Å². The van der Waals surface area contributed by atoms with Crippen LogP contribution in [0.5, 0.6) is 5.75 Å². The Labute approximate surface area is 222 Å². The Hall–Kier alpha value is -3.64. The third kappa shape index (κ3) is 7.68. The summed E-state index contributed by atoms with van der Waals surface area (Å²) in [4.78, 5) is 36.5. The molecule has 1 saturated heterocycles. The predicted octanol–water partition coefficient (Wildman–Crippen LogP) is 2.27. The number of hydrogen-bond donors (Lipinski definition) is 3. The number of hydrogen-bond acceptors (Lipinski definition) is 6. The van der Waals surface area contributed by atoms with Gasteiger partial charge in [-0.25, -0.2) is 9.10 Å². The molecule has 3 rings (SSSR count). The first-order valence-electron chi connectivity index (χ1n) is 12.4. The Morgan fingerprint density at radius 2 is 1.76 bits per heavy atom. The molecule has 0 spiro atoms. The van der Waals surface area contributed by atoms with Crippen LogP contribution >= 0.6 is 0 Å². The van der Waals surface area contributed by atoms with E-state index in [-0.39, 0.29) is 26.1 Å². The fourth-order valence-corrected chi connectivity index (χ4v) is 5.64. The van der Waals surface area contributed by atoms with Gasteiger partial charge in [-0.2, -0.15) is 12.7 Å². The van der Waals surface area contributed by atoms with Gasteiger partial charge in [-0.15, -0.1) is 0 Å². The normalized spacial score (nSPS) is 15.7. The molecule has 1 heterocycles. The number of rotatable bonds is 13. The van der Waals surface area contributed by atoms with Crippen molar-refractivity contribution in [3.63, 3.8) is 0 Å². The first kappa shape index (κ1) is 28.9. The Balaban J connectivity index is 1.68. The number of benzene rings is 2. The zero-order valence-electron chi connectivity index (χ0n) is 21.6. The molecular weight excluding hydrogens is 512 g/mol. The second kappa shape index (κ2) is 13.2. The number of nitrogens with zero attached hydrogens (tertiary/aromatic N) is 2. The number of nitrogens with one attached hydrogen (secondary N) is 2. The van der Waals surface area contributed by atoms with Gasteiger partial charge in [-0.1, -0.05) is 56.2 Å². The highest BCUT2D eigenvalue weighted by Gasteiger charge is 2.42. The number of unbranched alkanes of at least 4 members (excludes halogenated alkanes) is 2. The zero-order chi connectivity index (χ0) is 27.7. The first-order valence-corrected chi connectivity index (χ1v) is 13.8. The lowest BCUT2D eigenvalue weighted by Gasteiger charge is -2.20. The summed E-state index contributed by atoms with van der Waals surface area (Å²) in [5, 5.41) is 14.2. The van der Waals surface area contributed by atoms with Crippen molar-refractivity contribution in [1.29, 1.82) is 0 Å². The van der Waals surface area contributed by atoms with Crippen molar-refractivity contribution in [1.82, 2.24) is 19.2 Å². The van der Waals surface area contributed by atoms with Gasteiger partial charge in [0, 0.05) is 19.5 Å². The van der Waals surface area contributed by atoms with Gasteiger partial charge < -0.3 is 20.5 Å². The van der Waals surface area contributed by atoms with E-state index < -0.39 is 34.2 Å². The lowest BCUT2D eigenvalue weighted by molar-refractivity contribution is -0.125. The highest BCUT2D eigenvalue weighted by atomic mass is 32.2. The summed E-state index contributed by atoms with van der Waals surface area (Å²) >= 11 is 0. The van der Waals surface area contributed by atoms with Gasteiger partial charge in [-0.3, -0.25) is 9.59 Å². The van der Waals surface area contributed by atoms with Crippen molar-refractivity contribution in [3.8, 4) is 5.75 Å². The monoisotopic (exact) mass is 546 g/mol. The second-order valence-corrected chi connectivity index (χ2v) is 10.9. The summed E-state index contributed by atoms with van der Waals surface area (Å²) in [5.41, 5.74) is 1.92. The van der Waals surface area contributed by atoms with E-state index in [1.165, 1.54) is 7.11 Å². The van der Waals surface area contributed by atoms with Crippen LogP contribution in [0.25, 0.3) is 0 Å². The maximum absolute atomic E-state index is 13.1. The van der Waals surface area contributed by atoms with Crippen molar-refractivity contribution < 1.29 is 32.6 Å². The van der Waals surface area contributed by atoms with Crippen LogP contribution in [0.4, 0.5) is 4.79 Å². The Bertz CT molecular complexity index is 1230. The highest BCUT2D eigenvalue weighted by molar-refractivity contribution is 7.87. The minimum atomic E-state index is -4.04. The van der Waals surface area contributed by atoms with E-state index in [0.29, 0.717) is 29.0 Å². The minimum Gasteiger partial charge on any atom is -0.497 e. The van der Waals surface area contributed by atoms with Crippen LogP contribution in [-0.2, 0) is 39.3 Å². The van der Waals surface area contributed by atoms with E-state index in [4.69, 9.17) is 4.74 Å². The molecule has 0 saturated carbocycles. The molecule has 0 bridgehead atoms. The molecule has 0 radical (unpaired) electrons. The summed E-state index contributed by atoms with van der Waals surface area (Å²) in [6, 6.07) is 12.7. The van der Waals surface area contributed by atoms with Crippen LogP contribution in [0.2, 0.25) is 0 Å². The van der Waals surface area contributed by atoms with Crippen molar-refractivity contribution >= 4 is 28.1 Å². The summed E-state index contributed by atoms with van der Waals surface area (Å²) in [7, 11) is -2.51. The molecule has 0 aromatic heterocycles. The quantitative estimate of drug-likeness (QED) is 0.327. The first-order chi connectivity index (χ1) is 18.1. The molecule has 2 aromatic carbocycles. The Kier molecular flexibility index (Phi) is 10.1. The van der Waals surface area contributed by atoms with Gasteiger partial charge in [0.15, 0.2) is 0 Å². The summed E-state index contributed by atoms with van der Waals surface area (Å²) < 4.78 is 33.3. The second-order valence-electron chi connectivity index (χ2n) is 9.05. The number of carbonyl (C=O) groups is 3. The lowest BCUT2D eigenvalue weighted by Crippen LogP contribution is -2.47. The van der Waals surface area contributed by atoms with E-state index in [1.54, 1.807) is 48.5 Å². The molecule has 206 valence electrons. The molecule has 38 heavy (non-hydrogen) atoms. The number of methoxy groups -OCH3 is 1. The predicted molar refractivity (Wildman–Crippen MR) is 141 cm³/mol. The number of carbonyl (C=O) groups excluding carboxylic acids is 2. The molecule has 2 aromatic rings. The number of ether oxygens (including phenoxy) is 1. The van der Waals surface area contributed by atoms with E-state index in [0.717, 1.165) is 27.9 Å².